The van der Waals surface area contributed by atoms with Crippen molar-refractivity contribution in [1.82, 2.24) is 5.32 Å². The molecule has 0 aromatic heterocycles. The van der Waals surface area contributed by atoms with E-state index in [9.17, 15) is 35.4 Å². The highest BCUT2D eigenvalue weighted by Crippen LogP contribution is 2.33. The van der Waals surface area contributed by atoms with E-state index < -0.39 is 98.2 Å². The number of aliphatic hydroxyl groups is 6. The van der Waals surface area contributed by atoms with Crippen LogP contribution in [0.3, 0.4) is 0 Å². The molecule has 2 heterocycles. The number of rotatable bonds is 11. The van der Waals surface area contributed by atoms with Crippen LogP contribution in [0.1, 0.15) is 19.3 Å². The van der Waals surface area contributed by atoms with Crippen LogP contribution < -0.4 is 22.5 Å². The van der Waals surface area contributed by atoms with E-state index in [1.54, 1.807) is 0 Å². The SMILES string of the molecule is C=NC1CC(NC(=O)C(O)CCN)C(O)C(OC2OC(CO)C(OC3OC(CN)C(O)C(O)C3N)C2O)C1. The van der Waals surface area contributed by atoms with Crippen molar-refractivity contribution in [2.75, 3.05) is 19.7 Å². The second-order valence-electron chi connectivity index (χ2n) is 9.84. The molecule has 3 fully saturated rings. The third-order valence-corrected chi connectivity index (χ3v) is 7.20. The molecule has 2 saturated heterocycles. The van der Waals surface area contributed by atoms with Gasteiger partial charge in [-0.05, 0) is 32.5 Å². The van der Waals surface area contributed by atoms with Gasteiger partial charge in [0.15, 0.2) is 12.6 Å². The third kappa shape index (κ3) is 6.84. The molecular formula is C22H41N5O11. The Morgan fingerprint density at radius 1 is 1.03 bits per heavy atom. The van der Waals surface area contributed by atoms with Crippen molar-refractivity contribution in [3.8, 4) is 0 Å². The molecule has 3 rings (SSSR count). The van der Waals surface area contributed by atoms with E-state index in [0.29, 0.717) is 0 Å². The largest absolute Gasteiger partial charge is 0.394 e. The van der Waals surface area contributed by atoms with Gasteiger partial charge in [0.2, 0.25) is 5.91 Å². The molecule has 0 spiro atoms. The van der Waals surface area contributed by atoms with E-state index >= 15 is 0 Å². The number of nitrogens with two attached hydrogens (primary N) is 3. The van der Waals surface area contributed by atoms with Crippen LogP contribution in [0.4, 0.5) is 0 Å². The van der Waals surface area contributed by atoms with E-state index in [0.717, 1.165) is 0 Å². The van der Waals surface area contributed by atoms with E-state index in [4.69, 9.17) is 36.1 Å². The van der Waals surface area contributed by atoms with Crippen LogP contribution in [0.5, 0.6) is 0 Å². The van der Waals surface area contributed by atoms with Gasteiger partial charge < -0.3 is 72.1 Å². The molecular weight excluding hydrogens is 510 g/mol. The van der Waals surface area contributed by atoms with Gasteiger partial charge in [-0.15, -0.1) is 0 Å². The second-order valence-corrected chi connectivity index (χ2v) is 9.84. The van der Waals surface area contributed by atoms with Gasteiger partial charge >= 0.3 is 0 Å². The number of carbonyl (C=O) groups excluding carboxylic acids is 1. The van der Waals surface area contributed by atoms with Crippen LogP contribution >= 0.6 is 0 Å². The number of hydrogen-bond donors (Lipinski definition) is 10. The summed E-state index contributed by atoms with van der Waals surface area (Å²) in [5.74, 6) is -0.708. The highest BCUT2D eigenvalue weighted by Gasteiger charge is 2.51. The number of hydrogen-bond acceptors (Lipinski definition) is 15. The number of nitrogens with one attached hydrogen (secondary N) is 1. The molecule has 0 aromatic rings. The smallest absolute Gasteiger partial charge is 0.249 e. The minimum atomic E-state index is -1.49. The third-order valence-electron chi connectivity index (χ3n) is 7.20. The lowest BCUT2D eigenvalue weighted by Gasteiger charge is -2.42. The van der Waals surface area contributed by atoms with Gasteiger partial charge in [0.25, 0.3) is 0 Å². The maximum Gasteiger partial charge on any atom is 0.249 e. The molecule has 3 aliphatic rings. The van der Waals surface area contributed by atoms with Gasteiger partial charge in [0.05, 0.1) is 30.8 Å². The lowest BCUT2D eigenvalue weighted by Crippen LogP contribution is -2.64. The van der Waals surface area contributed by atoms with Crippen LogP contribution in [-0.2, 0) is 23.7 Å². The van der Waals surface area contributed by atoms with Gasteiger partial charge in [0, 0.05) is 6.54 Å². The van der Waals surface area contributed by atoms with Gasteiger partial charge in [-0.3, -0.25) is 9.79 Å². The molecule has 2 aliphatic heterocycles. The van der Waals surface area contributed by atoms with Crippen molar-refractivity contribution in [1.29, 1.82) is 0 Å². The van der Waals surface area contributed by atoms with Gasteiger partial charge in [-0.1, -0.05) is 0 Å². The molecule has 0 bridgehead atoms. The molecule has 14 atom stereocenters. The summed E-state index contributed by atoms with van der Waals surface area (Å²) in [6.07, 6.45) is -13.4. The predicted octanol–water partition coefficient (Wildman–Crippen LogP) is -6.01. The summed E-state index contributed by atoms with van der Waals surface area (Å²) >= 11 is 0. The van der Waals surface area contributed by atoms with Crippen molar-refractivity contribution in [3.63, 3.8) is 0 Å². The zero-order chi connectivity index (χ0) is 28.1. The molecule has 1 amide bonds. The van der Waals surface area contributed by atoms with Gasteiger partial charge in [-0.25, -0.2) is 0 Å². The summed E-state index contributed by atoms with van der Waals surface area (Å²) in [6, 6.07) is -2.47. The Hall–Kier alpha value is -1.38. The summed E-state index contributed by atoms with van der Waals surface area (Å²) in [6.45, 7) is 2.90. The molecule has 1 saturated carbocycles. The quantitative estimate of drug-likeness (QED) is 0.107. The molecule has 16 heteroatoms. The molecule has 0 radical (unpaired) electrons. The number of aliphatic imine (C=N–C) groups is 1. The van der Waals surface area contributed by atoms with Crippen LogP contribution in [-0.4, -0.2) is 149 Å². The van der Waals surface area contributed by atoms with Crippen LogP contribution in [0.15, 0.2) is 4.99 Å². The normalized spacial score (nSPS) is 44.5. The van der Waals surface area contributed by atoms with Crippen LogP contribution in [0.2, 0.25) is 0 Å². The van der Waals surface area contributed by atoms with E-state index in [1.807, 2.05) is 0 Å². The summed E-state index contributed by atoms with van der Waals surface area (Å²) < 4.78 is 22.8. The fraction of sp³-hybridized carbons (Fsp3) is 0.909. The number of ether oxygens (including phenoxy) is 4. The van der Waals surface area contributed by atoms with Crippen molar-refractivity contribution in [3.05, 3.63) is 0 Å². The topological polar surface area (TPSA) is 278 Å². The number of nitrogens with zero attached hydrogens (tertiary/aromatic N) is 1. The first-order chi connectivity index (χ1) is 18.1. The van der Waals surface area contributed by atoms with Crippen molar-refractivity contribution >= 4 is 12.6 Å². The second kappa shape index (κ2) is 13.8. The summed E-state index contributed by atoms with van der Waals surface area (Å²) in [5, 5.41) is 64.4. The Labute approximate surface area is 219 Å². The summed E-state index contributed by atoms with van der Waals surface area (Å²) in [7, 11) is 0. The van der Waals surface area contributed by atoms with Gasteiger partial charge in [0.1, 0.15) is 48.8 Å². The van der Waals surface area contributed by atoms with E-state index in [2.05, 4.69) is 17.0 Å². The average Bonchev–Trinajstić information content (AvgIpc) is 3.20. The first kappa shape index (κ1) is 31.2. The Morgan fingerprint density at radius 3 is 2.32 bits per heavy atom. The standard InChI is InChI=1S/C22H41N5O11/c1-26-8-4-9(27-20(34)10(29)2-3-23)15(30)11(5-8)35-22-18(33)19(13(7-28)37-22)38-21-14(25)17(32)16(31)12(6-24)36-21/h8-19,21-22,28-33H,1-7,23-25H2,(H,27,34). The molecule has 14 unspecified atom stereocenters. The Morgan fingerprint density at radius 2 is 1.71 bits per heavy atom. The first-order valence-corrected chi connectivity index (χ1v) is 12.6. The fourth-order valence-corrected chi connectivity index (χ4v) is 4.92. The maximum atomic E-state index is 12.3. The number of carbonyl (C=O) groups is 1. The minimum Gasteiger partial charge on any atom is -0.394 e. The summed E-state index contributed by atoms with van der Waals surface area (Å²) in [4.78, 5) is 16.3. The monoisotopic (exact) mass is 551 g/mol. The lowest BCUT2D eigenvalue weighted by atomic mass is 9.86. The zero-order valence-corrected chi connectivity index (χ0v) is 20.9. The van der Waals surface area contributed by atoms with Crippen molar-refractivity contribution in [2.24, 2.45) is 22.2 Å². The Bertz CT molecular complexity index is 782. The molecule has 16 nitrogen and oxygen atoms in total. The van der Waals surface area contributed by atoms with Crippen LogP contribution in [0.25, 0.3) is 0 Å². The number of aliphatic hydroxyl groups excluding tert-OH is 6. The molecule has 38 heavy (non-hydrogen) atoms. The maximum absolute atomic E-state index is 12.3. The minimum absolute atomic E-state index is 0.0418. The van der Waals surface area contributed by atoms with Gasteiger partial charge in [-0.2, -0.15) is 0 Å². The molecule has 13 N–H and O–H groups in total. The summed E-state index contributed by atoms with van der Waals surface area (Å²) in [5.41, 5.74) is 16.9. The fourth-order valence-electron chi connectivity index (χ4n) is 4.92. The zero-order valence-electron chi connectivity index (χ0n) is 20.9. The molecule has 0 aromatic carbocycles. The van der Waals surface area contributed by atoms with Crippen LogP contribution in [0, 0.1) is 0 Å². The Balaban J connectivity index is 1.68. The lowest BCUT2D eigenvalue weighted by molar-refractivity contribution is -0.280. The average molecular weight is 552 g/mol. The van der Waals surface area contributed by atoms with E-state index in [1.165, 1.54) is 0 Å². The predicted molar refractivity (Wildman–Crippen MR) is 129 cm³/mol. The number of amides is 1. The van der Waals surface area contributed by atoms with Crippen molar-refractivity contribution < 1.29 is 54.4 Å². The first-order valence-electron chi connectivity index (χ1n) is 12.6. The Kier molecular flexibility index (Phi) is 11.3. The highest BCUT2D eigenvalue weighted by atomic mass is 16.7. The molecule has 1 aliphatic carbocycles. The van der Waals surface area contributed by atoms with E-state index in [-0.39, 0.29) is 32.4 Å². The highest BCUT2D eigenvalue weighted by molar-refractivity contribution is 5.80. The van der Waals surface area contributed by atoms with Crippen molar-refractivity contribution in [2.45, 2.75) is 105 Å². The molecule has 220 valence electrons.